The van der Waals surface area contributed by atoms with E-state index in [0.717, 1.165) is 10.9 Å². The molecule has 0 bridgehead atoms. The van der Waals surface area contributed by atoms with Crippen LogP contribution in [0.2, 0.25) is 0 Å². The van der Waals surface area contributed by atoms with Crippen molar-refractivity contribution in [3.63, 3.8) is 0 Å². The number of para-hydroxylation sites is 1. The second kappa shape index (κ2) is 12.7. The van der Waals surface area contributed by atoms with E-state index in [0.29, 0.717) is 30.8 Å². The molecule has 5 atom stereocenters. The Morgan fingerprint density at radius 2 is 1.88 bits per heavy atom. The molecule has 4 amide bonds. The Hall–Kier alpha value is -4.58. The summed E-state index contributed by atoms with van der Waals surface area (Å²) >= 11 is 0. The third-order valence-corrected chi connectivity index (χ3v) is 7.95. The molecule has 6 N–H and O–H groups in total. The molecule has 0 spiro atoms. The monoisotopic (exact) mass is 590 g/mol. The van der Waals surface area contributed by atoms with Crippen LogP contribution < -0.4 is 31.3 Å². The second-order valence-corrected chi connectivity index (χ2v) is 11.4. The number of hydrogen-bond donors (Lipinski definition) is 5. The molecular formula is C31H38N6O6. The molecule has 2 aliphatic heterocycles. The van der Waals surface area contributed by atoms with Crippen molar-refractivity contribution < 1.29 is 28.7 Å². The van der Waals surface area contributed by atoms with E-state index in [1.54, 1.807) is 43.5 Å². The highest BCUT2D eigenvalue weighted by atomic mass is 16.6. The Balaban J connectivity index is 1.37. The number of H-pyrrole nitrogens is 1. The van der Waals surface area contributed by atoms with Crippen LogP contribution in [0.15, 0.2) is 54.6 Å². The number of methoxy groups -OCH3 is 1. The summed E-state index contributed by atoms with van der Waals surface area (Å²) in [5.74, 6) is -0.738. The maximum Gasteiger partial charge on any atom is 0.416 e. The van der Waals surface area contributed by atoms with Crippen LogP contribution in [0.1, 0.15) is 43.6 Å². The average molecular weight is 591 g/mol. The number of nitrogens with zero attached hydrogens (tertiary/aromatic N) is 1. The molecule has 3 heterocycles. The van der Waals surface area contributed by atoms with Gasteiger partial charge >= 0.3 is 6.09 Å². The Labute approximate surface area is 249 Å². The van der Waals surface area contributed by atoms with Crippen LogP contribution in [0.3, 0.4) is 0 Å². The Morgan fingerprint density at radius 1 is 1.12 bits per heavy atom. The second-order valence-electron chi connectivity index (χ2n) is 11.4. The first-order valence-corrected chi connectivity index (χ1v) is 14.5. The van der Waals surface area contributed by atoms with Gasteiger partial charge in [0.25, 0.3) is 5.91 Å². The number of carbonyl (C=O) groups is 4. The van der Waals surface area contributed by atoms with Crippen LogP contribution in [0, 0.1) is 11.8 Å². The zero-order chi connectivity index (χ0) is 30.7. The number of hydrogen-bond acceptors (Lipinski definition) is 7. The third-order valence-electron chi connectivity index (χ3n) is 7.95. The molecule has 0 aliphatic carbocycles. The highest BCUT2D eigenvalue weighted by molar-refractivity contribution is 6.01. The first-order valence-electron chi connectivity index (χ1n) is 14.5. The minimum Gasteiger partial charge on any atom is -0.496 e. The van der Waals surface area contributed by atoms with E-state index in [1.807, 2.05) is 32.0 Å². The van der Waals surface area contributed by atoms with Crippen LogP contribution in [-0.4, -0.2) is 66.8 Å². The van der Waals surface area contributed by atoms with Crippen molar-refractivity contribution in [1.29, 1.82) is 0 Å². The topological polar surface area (TPSA) is 168 Å². The highest BCUT2D eigenvalue weighted by Gasteiger charge is 2.47. The van der Waals surface area contributed by atoms with E-state index in [-0.39, 0.29) is 29.9 Å². The molecule has 12 heteroatoms. The summed E-state index contributed by atoms with van der Waals surface area (Å²) in [5, 5.41) is 9.41. The number of fused-ring (bicyclic) bond motifs is 1. The lowest BCUT2D eigenvalue weighted by Crippen LogP contribution is -2.57. The van der Waals surface area contributed by atoms with E-state index >= 15 is 0 Å². The lowest BCUT2D eigenvalue weighted by Gasteiger charge is -2.30. The van der Waals surface area contributed by atoms with Gasteiger partial charge in [-0.3, -0.25) is 19.3 Å². The largest absolute Gasteiger partial charge is 0.496 e. The fourth-order valence-electron chi connectivity index (χ4n) is 5.80. The van der Waals surface area contributed by atoms with Gasteiger partial charge in [0.15, 0.2) is 6.10 Å². The number of nitrogens with one attached hydrogen (secondary N) is 4. The van der Waals surface area contributed by atoms with Crippen LogP contribution in [-0.2, 0) is 14.3 Å². The van der Waals surface area contributed by atoms with Gasteiger partial charge in [-0.2, -0.15) is 0 Å². The van der Waals surface area contributed by atoms with Crippen molar-refractivity contribution in [2.24, 2.45) is 17.6 Å². The number of cyclic esters (lactones) is 1. The summed E-state index contributed by atoms with van der Waals surface area (Å²) < 4.78 is 11.1. The molecule has 0 radical (unpaired) electrons. The van der Waals surface area contributed by atoms with Crippen LogP contribution in [0.25, 0.3) is 10.9 Å². The molecule has 2 saturated heterocycles. The predicted molar refractivity (Wildman–Crippen MR) is 160 cm³/mol. The molecule has 12 nitrogen and oxygen atoms in total. The zero-order valence-corrected chi connectivity index (χ0v) is 24.5. The van der Waals surface area contributed by atoms with Gasteiger partial charge in [-0.15, -0.1) is 0 Å². The summed E-state index contributed by atoms with van der Waals surface area (Å²) in [6.07, 6.45) is -1.33. The molecule has 2 aliphatic rings. The smallest absolute Gasteiger partial charge is 0.416 e. The van der Waals surface area contributed by atoms with Gasteiger partial charge in [0, 0.05) is 29.1 Å². The molecule has 2 unspecified atom stereocenters. The number of aromatic nitrogens is 1. The standard InChI is InChI=1S/C31H38N6O6/c1-17(2)14-23(36-30(40)24-16-20-21(34-24)10-7-11-25(20)42-3)29(39)35-22(15-18-12-13-33-28(18)38)26-27(32)37(31(41)43-26)19-8-5-4-6-9-19/h4-11,16-18,22-23,26-27,34H,12-15,32H2,1-3H3,(H,33,38)(H,35,39)(H,36,40)/t18-,22-,23-,26?,27?/m0/s1. The van der Waals surface area contributed by atoms with Crippen LogP contribution in [0.4, 0.5) is 10.5 Å². The van der Waals surface area contributed by atoms with Crippen molar-refractivity contribution in [2.45, 2.75) is 57.5 Å². The number of benzene rings is 2. The first kappa shape index (κ1) is 29.9. The Morgan fingerprint density at radius 3 is 2.56 bits per heavy atom. The summed E-state index contributed by atoms with van der Waals surface area (Å²) in [6, 6.07) is 14.3. The van der Waals surface area contributed by atoms with Crippen molar-refractivity contribution in [1.82, 2.24) is 20.9 Å². The van der Waals surface area contributed by atoms with Gasteiger partial charge in [0.2, 0.25) is 11.8 Å². The van der Waals surface area contributed by atoms with Crippen molar-refractivity contribution in [2.75, 3.05) is 18.6 Å². The molecular weight excluding hydrogens is 552 g/mol. The minimum atomic E-state index is -0.929. The molecule has 5 rings (SSSR count). The maximum absolute atomic E-state index is 13.8. The summed E-state index contributed by atoms with van der Waals surface area (Å²) in [5.41, 5.74) is 8.12. The van der Waals surface area contributed by atoms with E-state index < -0.39 is 42.3 Å². The lowest BCUT2D eigenvalue weighted by atomic mass is 9.93. The van der Waals surface area contributed by atoms with Gasteiger partial charge in [-0.25, -0.2) is 4.79 Å². The summed E-state index contributed by atoms with van der Waals surface area (Å²) in [6.45, 7) is 4.43. The minimum absolute atomic E-state index is 0.0676. The normalized spacial score (nSPS) is 21.4. The van der Waals surface area contributed by atoms with Crippen molar-refractivity contribution in [3.8, 4) is 5.75 Å². The Kier molecular flexibility index (Phi) is 8.86. The van der Waals surface area contributed by atoms with Crippen molar-refractivity contribution >= 4 is 40.4 Å². The van der Waals surface area contributed by atoms with E-state index in [4.69, 9.17) is 15.2 Å². The van der Waals surface area contributed by atoms with E-state index in [2.05, 4.69) is 20.9 Å². The lowest BCUT2D eigenvalue weighted by molar-refractivity contribution is -0.126. The predicted octanol–water partition coefficient (Wildman–Crippen LogP) is 2.64. The van der Waals surface area contributed by atoms with Gasteiger partial charge in [0.05, 0.1) is 13.2 Å². The number of anilines is 1. The van der Waals surface area contributed by atoms with Gasteiger partial charge in [0.1, 0.15) is 23.7 Å². The van der Waals surface area contributed by atoms with Gasteiger partial charge in [-0.05, 0) is 55.5 Å². The van der Waals surface area contributed by atoms with E-state index in [9.17, 15) is 19.2 Å². The molecule has 3 aromatic rings. The molecule has 43 heavy (non-hydrogen) atoms. The quantitative estimate of drug-likeness (QED) is 0.229. The number of ether oxygens (including phenoxy) is 2. The molecule has 2 aromatic carbocycles. The molecule has 0 saturated carbocycles. The number of aromatic amines is 1. The molecule has 1 aromatic heterocycles. The zero-order valence-electron chi connectivity index (χ0n) is 24.5. The maximum atomic E-state index is 13.8. The van der Waals surface area contributed by atoms with Crippen molar-refractivity contribution in [3.05, 3.63) is 60.3 Å². The Bertz CT molecular complexity index is 1490. The van der Waals surface area contributed by atoms with Gasteiger partial charge < -0.3 is 36.1 Å². The fourth-order valence-corrected chi connectivity index (χ4v) is 5.80. The highest BCUT2D eigenvalue weighted by Crippen LogP contribution is 2.30. The number of nitrogens with two attached hydrogens (primary N) is 1. The molecule has 2 fully saturated rings. The summed E-state index contributed by atoms with van der Waals surface area (Å²) in [7, 11) is 1.56. The van der Waals surface area contributed by atoms with Crippen LogP contribution >= 0.6 is 0 Å². The summed E-state index contributed by atoms with van der Waals surface area (Å²) in [4.78, 5) is 57.1. The SMILES string of the molecule is COc1cccc2[nH]c(C(=O)N[C@@H](CC(C)C)C(=O)N[C@@H](C[C@@H]3CCNC3=O)C3OC(=O)N(c4ccccc4)C3N)cc12. The number of amides is 4. The average Bonchev–Trinajstić information content (AvgIpc) is 3.68. The van der Waals surface area contributed by atoms with Crippen LogP contribution in [0.5, 0.6) is 5.75 Å². The molecule has 228 valence electrons. The van der Waals surface area contributed by atoms with Gasteiger partial charge in [-0.1, -0.05) is 38.1 Å². The first-order chi connectivity index (χ1) is 20.7. The fraction of sp³-hybridized carbons (Fsp3) is 0.419. The third kappa shape index (κ3) is 6.43. The number of rotatable bonds is 11. The van der Waals surface area contributed by atoms with E-state index in [1.165, 1.54) is 4.90 Å². The number of carbonyl (C=O) groups excluding carboxylic acids is 4.